The van der Waals surface area contributed by atoms with Crippen LogP contribution in [-0.4, -0.2) is 22.1 Å². The molecule has 0 aliphatic rings. The summed E-state index contributed by atoms with van der Waals surface area (Å²) in [6.45, 7) is 2.97. The smallest absolute Gasteiger partial charge is 0.301 e. The predicted octanol–water partition coefficient (Wildman–Crippen LogP) is 0.329. The van der Waals surface area contributed by atoms with Crippen molar-refractivity contribution in [3.8, 4) is 0 Å². The fourth-order valence-corrected chi connectivity index (χ4v) is 3.11. The Labute approximate surface area is 123 Å². The second-order valence-corrected chi connectivity index (χ2v) is 6.28. The van der Waals surface area contributed by atoms with Crippen LogP contribution in [0.2, 0.25) is 0 Å². The SMILES string of the molecule is CC(C)n1c(=O)on(S(=O)(=O)c2ccccc2[N+](=O)[O-])c1=O. The van der Waals surface area contributed by atoms with E-state index in [2.05, 4.69) is 4.52 Å². The molecule has 1 aromatic carbocycles. The van der Waals surface area contributed by atoms with E-state index in [1.165, 1.54) is 26.0 Å². The Morgan fingerprint density at radius 3 is 2.32 bits per heavy atom. The van der Waals surface area contributed by atoms with Gasteiger partial charge in [-0.3, -0.25) is 10.1 Å². The summed E-state index contributed by atoms with van der Waals surface area (Å²) < 4.78 is 29.7. The van der Waals surface area contributed by atoms with Gasteiger partial charge in [0.05, 0.1) is 4.92 Å². The van der Waals surface area contributed by atoms with Crippen LogP contribution >= 0.6 is 0 Å². The minimum Gasteiger partial charge on any atom is -0.301 e. The zero-order chi connectivity index (χ0) is 16.7. The van der Waals surface area contributed by atoms with Crippen LogP contribution in [0.15, 0.2) is 43.3 Å². The third-order valence-corrected chi connectivity index (χ3v) is 4.36. The van der Waals surface area contributed by atoms with Gasteiger partial charge in [0.1, 0.15) is 0 Å². The molecule has 0 saturated heterocycles. The van der Waals surface area contributed by atoms with E-state index in [1.807, 2.05) is 0 Å². The molecule has 0 aliphatic heterocycles. The maximum absolute atomic E-state index is 12.4. The molecule has 0 atom stereocenters. The Morgan fingerprint density at radius 2 is 1.82 bits per heavy atom. The van der Waals surface area contributed by atoms with Gasteiger partial charge in [0.2, 0.25) is 0 Å². The van der Waals surface area contributed by atoms with E-state index in [4.69, 9.17) is 0 Å². The summed E-state index contributed by atoms with van der Waals surface area (Å²) in [5, 5.41) is 10.9. The predicted molar refractivity (Wildman–Crippen MR) is 73.3 cm³/mol. The Bertz CT molecular complexity index is 949. The summed E-state index contributed by atoms with van der Waals surface area (Å²) in [5.74, 6) is -1.16. The van der Waals surface area contributed by atoms with Gasteiger partial charge in [0.15, 0.2) is 4.90 Å². The molecule has 22 heavy (non-hydrogen) atoms. The second kappa shape index (κ2) is 5.26. The Balaban J connectivity index is 2.79. The first-order chi connectivity index (χ1) is 10.2. The van der Waals surface area contributed by atoms with Crippen molar-refractivity contribution in [3.05, 3.63) is 55.4 Å². The van der Waals surface area contributed by atoms with Gasteiger partial charge in [-0.25, -0.2) is 14.2 Å². The summed E-state index contributed by atoms with van der Waals surface area (Å²) in [6, 6.07) is 3.81. The normalized spacial score (nSPS) is 11.8. The summed E-state index contributed by atoms with van der Waals surface area (Å²) in [4.78, 5) is 32.9. The number of nitro benzene ring substituents is 1. The fourth-order valence-electron chi connectivity index (χ4n) is 1.82. The number of aromatic nitrogens is 2. The molecule has 10 nitrogen and oxygen atoms in total. The van der Waals surface area contributed by atoms with Crippen LogP contribution in [0.5, 0.6) is 0 Å². The molecule has 118 valence electrons. The first-order valence-corrected chi connectivity index (χ1v) is 7.45. The minimum atomic E-state index is -4.71. The zero-order valence-electron chi connectivity index (χ0n) is 11.5. The van der Waals surface area contributed by atoms with E-state index in [0.29, 0.717) is 4.57 Å². The number of rotatable bonds is 4. The van der Waals surface area contributed by atoms with E-state index in [1.54, 1.807) is 0 Å². The molecular weight excluding hydrogens is 318 g/mol. The van der Waals surface area contributed by atoms with Gasteiger partial charge in [-0.2, -0.15) is 8.42 Å². The largest absolute Gasteiger partial charge is 0.443 e. The quantitative estimate of drug-likeness (QED) is 0.582. The first kappa shape index (κ1) is 15.7. The number of hydrogen-bond acceptors (Lipinski definition) is 7. The lowest BCUT2D eigenvalue weighted by atomic mass is 10.3. The van der Waals surface area contributed by atoms with Gasteiger partial charge in [0.25, 0.3) is 5.69 Å². The third-order valence-electron chi connectivity index (χ3n) is 2.79. The van der Waals surface area contributed by atoms with Gasteiger partial charge < -0.3 is 4.52 Å². The number of hydrogen-bond donors (Lipinski definition) is 0. The van der Waals surface area contributed by atoms with Crippen molar-refractivity contribution in [2.45, 2.75) is 24.8 Å². The third kappa shape index (κ3) is 2.35. The fraction of sp³-hybridized carbons (Fsp3) is 0.273. The number of nitrogens with zero attached hydrogens (tertiary/aromatic N) is 3. The monoisotopic (exact) mass is 329 g/mol. The van der Waals surface area contributed by atoms with Crippen molar-refractivity contribution in [2.24, 2.45) is 0 Å². The molecule has 1 heterocycles. The average molecular weight is 329 g/mol. The van der Waals surface area contributed by atoms with Crippen LogP contribution in [0.3, 0.4) is 0 Å². The van der Waals surface area contributed by atoms with Crippen LogP contribution in [0.4, 0.5) is 5.69 Å². The maximum Gasteiger partial charge on any atom is 0.443 e. The second-order valence-electron chi connectivity index (χ2n) is 4.56. The number of para-hydroxylation sites is 1. The molecule has 1 aromatic heterocycles. The van der Waals surface area contributed by atoms with Crippen molar-refractivity contribution < 1.29 is 17.9 Å². The average Bonchev–Trinajstić information content (AvgIpc) is 2.74. The molecule has 0 spiro atoms. The summed E-state index contributed by atoms with van der Waals surface area (Å²) in [5.41, 5.74) is -1.95. The van der Waals surface area contributed by atoms with Crippen LogP contribution in [0.25, 0.3) is 0 Å². The highest BCUT2D eigenvalue weighted by atomic mass is 32.2. The Hall–Kier alpha value is -2.69. The number of benzene rings is 1. The topological polar surface area (TPSA) is 134 Å². The standard InChI is InChI=1S/C11H11N3O7S/c1-7(2)12-10(15)14(21-11(12)16)22(19,20)9-6-4-3-5-8(9)13(17)18/h3-7H,1-2H3. The molecule has 11 heteroatoms. The molecule has 0 saturated carbocycles. The molecule has 0 N–H and O–H groups in total. The van der Waals surface area contributed by atoms with Crippen molar-refractivity contribution in [1.29, 1.82) is 0 Å². The van der Waals surface area contributed by atoms with Crippen LogP contribution in [0.1, 0.15) is 19.9 Å². The number of nitro groups is 1. The molecular formula is C11H11N3O7S. The lowest BCUT2D eigenvalue weighted by Crippen LogP contribution is -2.33. The van der Waals surface area contributed by atoms with E-state index < -0.39 is 43.0 Å². The van der Waals surface area contributed by atoms with Crippen molar-refractivity contribution in [2.75, 3.05) is 0 Å². The van der Waals surface area contributed by atoms with E-state index in [0.717, 1.165) is 12.1 Å². The van der Waals surface area contributed by atoms with Gasteiger partial charge in [-0.05, 0) is 24.1 Å². The van der Waals surface area contributed by atoms with E-state index in [9.17, 15) is 28.1 Å². The van der Waals surface area contributed by atoms with Crippen molar-refractivity contribution in [3.63, 3.8) is 0 Å². The van der Waals surface area contributed by atoms with Crippen LogP contribution < -0.4 is 11.4 Å². The van der Waals surface area contributed by atoms with Crippen molar-refractivity contribution >= 4 is 15.7 Å². The lowest BCUT2D eigenvalue weighted by Gasteiger charge is -2.03. The van der Waals surface area contributed by atoms with Crippen LogP contribution in [0, 0.1) is 10.1 Å². The first-order valence-electron chi connectivity index (χ1n) is 6.01. The van der Waals surface area contributed by atoms with Crippen molar-refractivity contribution in [1.82, 2.24) is 8.71 Å². The summed E-state index contributed by atoms with van der Waals surface area (Å²) >= 11 is 0. The zero-order valence-corrected chi connectivity index (χ0v) is 12.3. The molecule has 2 aromatic rings. The van der Waals surface area contributed by atoms with Gasteiger partial charge >= 0.3 is 21.5 Å². The molecule has 0 bridgehead atoms. The Kier molecular flexibility index (Phi) is 3.75. The molecule has 0 aliphatic carbocycles. The Morgan fingerprint density at radius 1 is 1.23 bits per heavy atom. The highest BCUT2D eigenvalue weighted by molar-refractivity contribution is 7.89. The van der Waals surface area contributed by atoms with Gasteiger partial charge in [-0.1, -0.05) is 12.1 Å². The van der Waals surface area contributed by atoms with Gasteiger partial charge in [-0.15, -0.1) is 0 Å². The molecule has 2 rings (SSSR count). The van der Waals surface area contributed by atoms with E-state index in [-0.39, 0.29) is 4.15 Å². The molecule has 0 fully saturated rings. The lowest BCUT2D eigenvalue weighted by molar-refractivity contribution is -0.387. The molecule has 0 radical (unpaired) electrons. The molecule has 0 amide bonds. The van der Waals surface area contributed by atoms with Crippen LogP contribution in [-0.2, 0) is 10.0 Å². The minimum absolute atomic E-state index is 0.141. The highest BCUT2D eigenvalue weighted by Crippen LogP contribution is 2.24. The molecule has 0 unspecified atom stereocenters. The summed E-state index contributed by atoms with van der Waals surface area (Å²) in [7, 11) is -4.71. The highest BCUT2D eigenvalue weighted by Gasteiger charge is 2.32. The van der Waals surface area contributed by atoms with Gasteiger partial charge in [0, 0.05) is 12.1 Å². The summed E-state index contributed by atoms with van der Waals surface area (Å²) in [6.07, 6.45) is 0. The van der Waals surface area contributed by atoms with E-state index >= 15 is 0 Å². The maximum atomic E-state index is 12.4.